The third-order valence-corrected chi connectivity index (χ3v) is 9.72. The van der Waals surface area contributed by atoms with E-state index in [2.05, 4.69) is 27.0 Å². The molecule has 0 saturated carbocycles. The Bertz CT molecular complexity index is 1600. The molecule has 11 heteroatoms. The first-order chi connectivity index (χ1) is 19.4. The van der Waals surface area contributed by atoms with Gasteiger partial charge in [0.05, 0.1) is 54.9 Å². The number of ether oxygens (including phenoxy) is 2. The molecule has 4 aromatic rings. The van der Waals surface area contributed by atoms with Crippen molar-refractivity contribution in [1.82, 2.24) is 19.5 Å². The normalized spacial score (nSPS) is 17.9. The summed E-state index contributed by atoms with van der Waals surface area (Å²) >= 11 is 8.08. The predicted octanol–water partition coefficient (Wildman–Crippen LogP) is 4.49. The zero-order chi connectivity index (χ0) is 27.9. The molecule has 9 nitrogen and oxygen atoms in total. The van der Waals surface area contributed by atoms with Crippen LogP contribution in [0.25, 0.3) is 10.9 Å². The van der Waals surface area contributed by atoms with E-state index >= 15 is 0 Å². The lowest BCUT2D eigenvalue weighted by molar-refractivity contribution is 0.186. The van der Waals surface area contributed by atoms with Crippen LogP contribution in [0, 0.1) is 5.41 Å². The molecular weight excluding hydrogens is 548 g/mol. The Kier molecular flexibility index (Phi) is 7.43. The Labute approximate surface area is 241 Å². The summed E-state index contributed by atoms with van der Waals surface area (Å²) in [7, 11) is 3.29. The van der Waals surface area contributed by atoms with E-state index in [0.29, 0.717) is 34.1 Å². The maximum atomic E-state index is 13.0. The van der Waals surface area contributed by atoms with E-state index < -0.39 is 0 Å². The fourth-order valence-corrected chi connectivity index (χ4v) is 7.01. The fraction of sp³-hybridized carbons (Fsp3) is 0.379. The van der Waals surface area contributed by atoms with Crippen molar-refractivity contribution in [1.29, 1.82) is 0 Å². The van der Waals surface area contributed by atoms with Gasteiger partial charge in [0.1, 0.15) is 16.6 Å². The summed E-state index contributed by atoms with van der Waals surface area (Å²) in [5, 5.41) is 1.46. The van der Waals surface area contributed by atoms with Gasteiger partial charge in [-0.25, -0.2) is 15.0 Å². The molecule has 208 valence electrons. The highest BCUT2D eigenvalue weighted by molar-refractivity contribution is 7.99. The Balaban J connectivity index is 1.14. The molecule has 1 aliphatic heterocycles. The molecule has 0 bridgehead atoms. The first-order valence-corrected chi connectivity index (χ1v) is 14.5. The zero-order valence-electron chi connectivity index (χ0n) is 22.5. The zero-order valence-corrected chi connectivity index (χ0v) is 24.0. The second kappa shape index (κ2) is 11.0. The topological polar surface area (TPSA) is 108 Å². The first kappa shape index (κ1) is 27.0. The van der Waals surface area contributed by atoms with Crippen LogP contribution in [0.15, 0.2) is 63.8 Å². The summed E-state index contributed by atoms with van der Waals surface area (Å²) in [5.74, 6) is 1.71. The fourth-order valence-electron chi connectivity index (χ4n) is 5.89. The van der Waals surface area contributed by atoms with Crippen molar-refractivity contribution in [2.45, 2.75) is 41.8 Å². The molecule has 1 saturated heterocycles. The van der Waals surface area contributed by atoms with Gasteiger partial charge >= 0.3 is 0 Å². The van der Waals surface area contributed by atoms with Crippen molar-refractivity contribution in [3.05, 3.63) is 75.6 Å². The van der Waals surface area contributed by atoms with Crippen molar-refractivity contribution in [2.75, 3.05) is 38.8 Å². The Morgan fingerprint density at radius 1 is 1.12 bits per heavy atom. The maximum absolute atomic E-state index is 13.0. The number of nitrogens with two attached hydrogens (primary N) is 1. The van der Waals surface area contributed by atoms with Crippen LogP contribution in [0.5, 0.6) is 5.75 Å². The summed E-state index contributed by atoms with van der Waals surface area (Å²) in [6, 6.07) is 9.95. The number of nitrogens with zero attached hydrogens (tertiary/aromatic N) is 5. The molecule has 1 fully saturated rings. The van der Waals surface area contributed by atoms with E-state index in [9.17, 15) is 4.79 Å². The van der Waals surface area contributed by atoms with Crippen LogP contribution in [-0.2, 0) is 17.7 Å². The minimum Gasteiger partial charge on any atom is -0.497 e. The smallest absolute Gasteiger partial charge is 0.262 e. The first-order valence-electron chi connectivity index (χ1n) is 13.3. The van der Waals surface area contributed by atoms with Gasteiger partial charge in [-0.05, 0) is 60.1 Å². The van der Waals surface area contributed by atoms with Crippen molar-refractivity contribution in [3.8, 4) is 5.75 Å². The molecule has 40 heavy (non-hydrogen) atoms. The average molecular weight is 579 g/mol. The van der Waals surface area contributed by atoms with Gasteiger partial charge < -0.3 is 20.1 Å². The summed E-state index contributed by atoms with van der Waals surface area (Å²) in [4.78, 5) is 29.8. The van der Waals surface area contributed by atoms with E-state index in [1.54, 1.807) is 26.5 Å². The molecule has 2 aromatic heterocycles. The number of hydrogen-bond donors (Lipinski definition) is 1. The number of benzene rings is 2. The highest BCUT2D eigenvalue weighted by Crippen LogP contribution is 2.51. The van der Waals surface area contributed by atoms with Crippen LogP contribution in [-0.4, -0.2) is 53.4 Å². The Morgan fingerprint density at radius 2 is 1.95 bits per heavy atom. The van der Waals surface area contributed by atoms with Gasteiger partial charge in [-0.2, -0.15) is 0 Å². The SMILES string of the molecule is COCCn1cnc2ccc(Sc3cnc(N4CCC5(CC4)Cc4ccc(OC)cc4C5N)cn3)c(Cl)c2c1=O. The Morgan fingerprint density at radius 3 is 2.67 bits per heavy atom. The van der Waals surface area contributed by atoms with E-state index in [1.807, 2.05) is 18.3 Å². The number of hydrogen-bond acceptors (Lipinski definition) is 9. The molecule has 0 amide bonds. The molecule has 0 radical (unpaired) electrons. The second-order valence-corrected chi connectivity index (χ2v) is 11.8. The van der Waals surface area contributed by atoms with Crippen molar-refractivity contribution >= 4 is 40.1 Å². The maximum Gasteiger partial charge on any atom is 0.262 e. The minimum absolute atomic E-state index is 0.00982. The summed E-state index contributed by atoms with van der Waals surface area (Å²) in [6.07, 6.45) is 8.08. The van der Waals surface area contributed by atoms with Crippen LogP contribution < -0.4 is 20.9 Å². The third kappa shape index (κ3) is 4.83. The van der Waals surface area contributed by atoms with Crippen molar-refractivity contribution in [3.63, 3.8) is 0 Å². The highest BCUT2D eigenvalue weighted by Gasteiger charge is 2.46. The average Bonchev–Trinajstić information content (AvgIpc) is 3.24. The van der Waals surface area contributed by atoms with Gasteiger partial charge in [-0.3, -0.25) is 9.36 Å². The third-order valence-electron chi connectivity index (χ3n) is 8.23. The van der Waals surface area contributed by atoms with Gasteiger partial charge in [-0.1, -0.05) is 29.4 Å². The van der Waals surface area contributed by atoms with Crippen LogP contribution >= 0.6 is 23.4 Å². The molecule has 3 heterocycles. The van der Waals surface area contributed by atoms with E-state index in [0.717, 1.165) is 48.8 Å². The molecule has 1 aliphatic carbocycles. The number of fused-ring (bicyclic) bond motifs is 2. The lowest BCUT2D eigenvalue weighted by Gasteiger charge is -2.42. The van der Waals surface area contributed by atoms with Gasteiger partial charge in [0.2, 0.25) is 0 Å². The van der Waals surface area contributed by atoms with Crippen LogP contribution in [0.3, 0.4) is 0 Å². The lowest BCUT2D eigenvalue weighted by atomic mass is 9.73. The molecule has 2 aromatic carbocycles. The number of rotatable bonds is 7. The van der Waals surface area contributed by atoms with E-state index in [4.69, 9.17) is 31.8 Å². The number of anilines is 1. The molecule has 1 spiro atoms. The van der Waals surface area contributed by atoms with Crippen LogP contribution in [0.2, 0.25) is 5.02 Å². The standard InChI is InChI=1S/C29H31ClN6O3S/c1-38-12-11-36-17-34-21-5-6-22(26(30)25(21)28(36)37)40-24-16-32-23(15-33-24)35-9-7-29(8-10-35)14-18-3-4-19(39-2)13-20(18)27(29)31/h3-6,13,15-17,27H,7-12,14,31H2,1-2H3. The molecule has 2 N–H and O–H groups in total. The molecular formula is C29H31ClN6O3S. The second-order valence-electron chi connectivity index (χ2n) is 10.4. The number of aromatic nitrogens is 4. The predicted molar refractivity (Wildman–Crippen MR) is 157 cm³/mol. The molecule has 2 aliphatic rings. The van der Waals surface area contributed by atoms with Crippen LogP contribution in [0.1, 0.15) is 30.0 Å². The quantitative estimate of drug-likeness (QED) is 0.339. The van der Waals surface area contributed by atoms with Gasteiger partial charge in [0.15, 0.2) is 0 Å². The van der Waals surface area contributed by atoms with Gasteiger partial charge in [-0.15, -0.1) is 0 Å². The lowest BCUT2D eigenvalue weighted by Crippen LogP contribution is -2.44. The summed E-state index contributed by atoms with van der Waals surface area (Å²) in [6.45, 7) is 2.57. The number of piperidine rings is 1. The monoisotopic (exact) mass is 578 g/mol. The summed E-state index contributed by atoms with van der Waals surface area (Å²) in [5.41, 5.74) is 9.78. The molecule has 1 atom stereocenters. The van der Waals surface area contributed by atoms with Crippen molar-refractivity contribution in [2.24, 2.45) is 11.1 Å². The van der Waals surface area contributed by atoms with Crippen LogP contribution in [0.4, 0.5) is 5.82 Å². The molecule has 1 unspecified atom stereocenters. The van der Waals surface area contributed by atoms with Crippen molar-refractivity contribution < 1.29 is 9.47 Å². The summed E-state index contributed by atoms with van der Waals surface area (Å²) < 4.78 is 12.0. The largest absolute Gasteiger partial charge is 0.497 e. The molecule has 6 rings (SSSR count). The number of halogens is 1. The highest BCUT2D eigenvalue weighted by atomic mass is 35.5. The van der Waals surface area contributed by atoms with Gasteiger partial charge in [0.25, 0.3) is 5.56 Å². The van der Waals surface area contributed by atoms with E-state index in [1.165, 1.54) is 33.8 Å². The number of methoxy groups -OCH3 is 2. The minimum atomic E-state index is -0.192. The van der Waals surface area contributed by atoms with Gasteiger partial charge in [0, 0.05) is 31.1 Å². The van der Waals surface area contributed by atoms with E-state index in [-0.39, 0.29) is 17.0 Å². The Hall–Kier alpha value is -3.18.